The van der Waals surface area contributed by atoms with Gasteiger partial charge in [-0.25, -0.2) is 0 Å². The van der Waals surface area contributed by atoms with Crippen molar-refractivity contribution in [3.63, 3.8) is 0 Å². The number of hydrogen-bond donors (Lipinski definition) is 2. The van der Waals surface area contributed by atoms with Gasteiger partial charge in [-0.3, -0.25) is 4.79 Å². The van der Waals surface area contributed by atoms with Crippen molar-refractivity contribution in [2.24, 2.45) is 5.73 Å². The first-order valence-corrected chi connectivity index (χ1v) is 3.34. The van der Waals surface area contributed by atoms with Crippen molar-refractivity contribution in [2.75, 3.05) is 19.1 Å². The molecule has 0 saturated heterocycles. The highest BCUT2D eigenvalue weighted by atomic mass is 35.5. The van der Waals surface area contributed by atoms with E-state index in [0.29, 0.717) is 12.5 Å². The molecular formula is C5H10ClNO3. The van der Waals surface area contributed by atoms with Crippen LogP contribution in [0.1, 0.15) is 0 Å². The number of halogens is 1. The standard InChI is InChI=1S/C5H10ClNO3/c6-1-2-10-3-4(7)5(8)9/h4H,1-3,7H2,(H,8,9)/t4-/m0/s1. The maximum absolute atomic E-state index is 10.1. The zero-order valence-corrected chi connectivity index (χ0v) is 6.17. The van der Waals surface area contributed by atoms with Crippen LogP contribution in [0.5, 0.6) is 0 Å². The van der Waals surface area contributed by atoms with E-state index in [4.69, 9.17) is 27.2 Å². The molecule has 0 aromatic heterocycles. The van der Waals surface area contributed by atoms with Gasteiger partial charge in [0.1, 0.15) is 6.04 Å². The number of ether oxygens (including phenoxy) is 1. The number of alkyl halides is 1. The van der Waals surface area contributed by atoms with Crippen molar-refractivity contribution in [1.29, 1.82) is 0 Å². The fraction of sp³-hybridized carbons (Fsp3) is 0.800. The Morgan fingerprint density at radius 3 is 2.80 bits per heavy atom. The maximum atomic E-state index is 10.1. The summed E-state index contributed by atoms with van der Waals surface area (Å²) in [6.07, 6.45) is 0. The van der Waals surface area contributed by atoms with E-state index in [0.717, 1.165) is 0 Å². The molecule has 0 radical (unpaired) electrons. The molecule has 0 heterocycles. The predicted octanol–water partition coefficient (Wildman–Crippen LogP) is -0.346. The Morgan fingerprint density at radius 2 is 2.40 bits per heavy atom. The first kappa shape index (κ1) is 9.68. The summed E-state index contributed by atoms with van der Waals surface area (Å²) in [7, 11) is 0. The summed E-state index contributed by atoms with van der Waals surface area (Å²) in [5.74, 6) is -0.707. The number of hydrogen-bond acceptors (Lipinski definition) is 3. The Balaban J connectivity index is 3.21. The lowest BCUT2D eigenvalue weighted by molar-refractivity contribution is -0.139. The fourth-order valence-corrected chi connectivity index (χ4v) is 0.445. The van der Waals surface area contributed by atoms with Gasteiger partial charge >= 0.3 is 5.97 Å². The summed E-state index contributed by atoms with van der Waals surface area (Å²) < 4.78 is 4.77. The van der Waals surface area contributed by atoms with E-state index in [1.54, 1.807) is 0 Å². The highest BCUT2D eigenvalue weighted by Crippen LogP contribution is 1.83. The van der Waals surface area contributed by atoms with Crippen LogP contribution in [0.4, 0.5) is 0 Å². The van der Waals surface area contributed by atoms with Gasteiger partial charge in [0.15, 0.2) is 0 Å². The van der Waals surface area contributed by atoms with Crippen molar-refractivity contribution in [1.82, 2.24) is 0 Å². The Kier molecular flexibility index (Phi) is 5.29. The summed E-state index contributed by atoms with van der Waals surface area (Å²) in [5, 5.41) is 8.24. The second-order valence-electron chi connectivity index (χ2n) is 1.71. The summed E-state index contributed by atoms with van der Waals surface area (Å²) in [5.41, 5.74) is 5.09. The molecule has 0 fully saturated rings. The average molecular weight is 168 g/mol. The molecule has 60 valence electrons. The SMILES string of the molecule is N[C@@H](COCCCl)C(=O)O. The molecule has 0 aromatic carbocycles. The third kappa shape index (κ3) is 4.55. The second kappa shape index (κ2) is 5.46. The minimum absolute atomic E-state index is 0.0159. The van der Waals surface area contributed by atoms with Crippen LogP contribution < -0.4 is 5.73 Å². The van der Waals surface area contributed by atoms with Crippen LogP contribution in [-0.2, 0) is 9.53 Å². The van der Waals surface area contributed by atoms with Gasteiger partial charge in [0, 0.05) is 5.88 Å². The lowest BCUT2D eigenvalue weighted by Gasteiger charge is -2.04. The van der Waals surface area contributed by atoms with Gasteiger partial charge in [-0.2, -0.15) is 0 Å². The maximum Gasteiger partial charge on any atom is 0.322 e. The molecule has 0 rings (SSSR count). The highest BCUT2D eigenvalue weighted by molar-refractivity contribution is 6.17. The van der Waals surface area contributed by atoms with Crippen molar-refractivity contribution >= 4 is 17.6 Å². The minimum Gasteiger partial charge on any atom is -0.480 e. The molecular weight excluding hydrogens is 158 g/mol. The fourth-order valence-electron chi connectivity index (χ4n) is 0.336. The Labute approximate surface area is 63.9 Å². The van der Waals surface area contributed by atoms with Crippen LogP contribution in [0.25, 0.3) is 0 Å². The predicted molar refractivity (Wildman–Crippen MR) is 37.2 cm³/mol. The Morgan fingerprint density at radius 1 is 1.80 bits per heavy atom. The molecule has 1 atom stereocenters. The van der Waals surface area contributed by atoms with E-state index in [1.165, 1.54) is 0 Å². The lowest BCUT2D eigenvalue weighted by atomic mass is 10.3. The molecule has 0 aromatic rings. The van der Waals surface area contributed by atoms with Crippen LogP contribution in [-0.4, -0.2) is 36.2 Å². The Bertz CT molecular complexity index is 109. The molecule has 0 bridgehead atoms. The molecule has 3 N–H and O–H groups in total. The van der Waals surface area contributed by atoms with Crippen LogP contribution in [0.2, 0.25) is 0 Å². The summed E-state index contributed by atoms with van der Waals surface area (Å²) in [6, 6.07) is -0.941. The van der Waals surface area contributed by atoms with Crippen molar-refractivity contribution < 1.29 is 14.6 Å². The molecule has 0 aliphatic carbocycles. The zero-order valence-electron chi connectivity index (χ0n) is 5.42. The number of carboxylic acid groups (broad SMARTS) is 1. The van der Waals surface area contributed by atoms with Crippen LogP contribution in [0.3, 0.4) is 0 Å². The summed E-state index contributed by atoms with van der Waals surface area (Å²) in [4.78, 5) is 10.1. The quantitative estimate of drug-likeness (QED) is 0.434. The summed E-state index contributed by atoms with van der Waals surface area (Å²) in [6.45, 7) is 0.352. The highest BCUT2D eigenvalue weighted by Gasteiger charge is 2.09. The monoisotopic (exact) mass is 167 g/mol. The van der Waals surface area contributed by atoms with Crippen LogP contribution >= 0.6 is 11.6 Å². The van der Waals surface area contributed by atoms with Crippen molar-refractivity contribution in [3.05, 3.63) is 0 Å². The molecule has 10 heavy (non-hydrogen) atoms. The van der Waals surface area contributed by atoms with E-state index < -0.39 is 12.0 Å². The topological polar surface area (TPSA) is 72.5 Å². The van der Waals surface area contributed by atoms with Gasteiger partial charge in [0.05, 0.1) is 13.2 Å². The van der Waals surface area contributed by atoms with Gasteiger partial charge in [-0.1, -0.05) is 0 Å². The first-order chi connectivity index (χ1) is 4.68. The molecule has 0 aliphatic heterocycles. The smallest absolute Gasteiger partial charge is 0.322 e. The van der Waals surface area contributed by atoms with E-state index in [-0.39, 0.29) is 6.61 Å². The molecule has 0 amide bonds. The minimum atomic E-state index is -1.06. The van der Waals surface area contributed by atoms with E-state index in [1.807, 2.05) is 0 Å². The molecule has 0 unspecified atom stereocenters. The zero-order chi connectivity index (χ0) is 7.98. The number of rotatable bonds is 5. The lowest BCUT2D eigenvalue weighted by Crippen LogP contribution is -2.35. The van der Waals surface area contributed by atoms with Gasteiger partial charge < -0.3 is 15.6 Å². The molecule has 4 nitrogen and oxygen atoms in total. The molecule has 0 aliphatic rings. The molecule has 0 spiro atoms. The van der Waals surface area contributed by atoms with E-state index >= 15 is 0 Å². The van der Waals surface area contributed by atoms with Gasteiger partial charge in [0.25, 0.3) is 0 Å². The number of aliphatic carboxylic acids is 1. The largest absolute Gasteiger partial charge is 0.480 e. The molecule has 0 saturated carbocycles. The number of nitrogens with two attached hydrogens (primary N) is 1. The average Bonchev–Trinajstić information content (AvgIpc) is 1.88. The third-order valence-corrected chi connectivity index (χ3v) is 0.990. The second-order valence-corrected chi connectivity index (χ2v) is 2.09. The van der Waals surface area contributed by atoms with Gasteiger partial charge in [-0.15, -0.1) is 11.6 Å². The summed E-state index contributed by atoms with van der Waals surface area (Å²) >= 11 is 5.25. The number of carbonyl (C=O) groups is 1. The van der Waals surface area contributed by atoms with Crippen LogP contribution in [0, 0.1) is 0 Å². The van der Waals surface area contributed by atoms with E-state index in [9.17, 15) is 4.79 Å². The van der Waals surface area contributed by atoms with Crippen molar-refractivity contribution in [3.8, 4) is 0 Å². The first-order valence-electron chi connectivity index (χ1n) is 2.80. The third-order valence-electron chi connectivity index (χ3n) is 0.836. The van der Waals surface area contributed by atoms with Crippen LogP contribution in [0.15, 0.2) is 0 Å². The Hall–Kier alpha value is -0.320. The van der Waals surface area contributed by atoms with Gasteiger partial charge in [0.2, 0.25) is 0 Å². The molecule has 5 heteroatoms. The van der Waals surface area contributed by atoms with E-state index in [2.05, 4.69) is 0 Å². The van der Waals surface area contributed by atoms with Gasteiger partial charge in [-0.05, 0) is 0 Å². The van der Waals surface area contributed by atoms with Crippen molar-refractivity contribution in [2.45, 2.75) is 6.04 Å². The number of carboxylic acids is 1. The normalized spacial score (nSPS) is 13.0.